The van der Waals surface area contributed by atoms with Crippen LogP contribution >= 0.6 is 0 Å². The maximum atomic E-state index is 12.5. The summed E-state index contributed by atoms with van der Waals surface area (Å²) < 4.78 is 11.5. The van der Waals surface area contributed by atoms with E-state index in [1.807, 2.05) is 0 Å². The number of unbranched alkanes of at least 4 members (excludes halogenated alkanes) is 3. The van der Waals surface area contributed by atoms with Gasteiger partial charge in [-0.15, -0.1) is 0 Å². The predicted molar refractivity (Wildman–Crippen MR) is 151 cm³/mol. The van der Waals surface area contributed by atoms with E-state index in [-0.39, 0.29) is 11.6 Å². The summed E-state index contributed by atoms with van der Waals surface area (Å²) >= 11 is 0. The number of ether oxygens (including phenoxy) is 2. The fourth-order valence-electron chi connectivity index (χ4n) is 3.97. The Morgan fingerprint density at radius 1 is 0.447 bits per heavy atom. The molecule has 38 heavy (non-hydrogen) atoms. The molecule has 0 aliphatic rings. The third-order valence-electron chi connectivity index (χ3n) is 6.14. The lowest BCUT2D eigenvalue weighted by Crippen LogP contribution is -2.00. The predicted octanol–water partition coefficient (Wildman–Crippen LogP) is 7.84. The standard InChI is InChI=1S/C32H32N2O4/c33-25-11-19-29(20-12-25)37-27-15-7-23(8-16-27)31(35)5-3-1-2-4-6-32(36)24-9-17-28(18-10-24)38-30-21-13-26(34)14-22-30/h7-22H,1-6,33-34H2. The lowest BCUT2D eigenvalue weighted by molar-refractivity contribution is 0.0966. The minimum absolute atomic E-state index is 0.112. The Balaban J connectivity index is 1.12. The summed E-state index contributed by atoms with van der Waals surface area (Å²) in [6.07, 6.45) is 4.39. The van der Waals surface area contributed by atoms with Crippen molar-refractivity contribution in [1.29, 1.82) is 0 Å². The lowest BCUT2D eigenvalue weighted by atomic mass is 10.0. The number of Topliss-reactive ketones (excluding diaryl/α,β-unsaturated/α-hetero) is 2. The SMILES string of the molecule is Nc1ccc(Oc2ccc(C(=O)CCCCCCC(=O)c3ccc(Oc4ccc(N)cc4)cc3)cc2)cc1. The fraction of sp³-hybridized carbons (Fsp3) is 0.188. The number of anilines is 2. The van der Waals surface area contributed by atoms with E-state index in [9.17, 15) is 9.59 Å². The Labute approximate surface area is 223 Å². The zero-order valence-electron chi connectivity index (χ0n) is 21.3. The highest BCUT2D eigenvalue weighted by atomic mass is 16.5. The zero-order chi connectivity index (χ0) is 26.7. The zero-order valence-corrected chi connectivity index (χ0v) is 21.3. The summed E-state index contributed by atoms with van der Waals surface area (Å²) in [6, 6.07) is 28.7. The number of hydrogen-bond acceptors (Lipinski definition) is 6. The van der Waals surface area contributed by atoms with Crippen LogP contribution in [-0.2, 0) is 0 Å². The van der Waals surface area contributed by atoms with E-state index in [0.29, 0.717) is 58.3 Å². The Morgan fingerprint density at radius 3 is 1.05 bits per heavy atom. The fourth-order valence-corrected chi connectivity index (χ4v) is 3.97. The van der Waals surface area contributed by atoms with Crippen molar-refractivity contribution in [1.82, 2.24) is 0 Å². The van der Waals surface area contributed by atoms with Gasteiger partial charge in [0.25, 0.3) is 0 Å². The molecule has 0 aliphatic carbocycles. The molecule has 4 aromatic rings. The summed E-state index contributed by atoms with van der Waals surface area (Å²) in [4.78, 5) is 25.0. The lowest BCUT2D eigenvalue weighted by Gasteiger charge is -2.07. The van der Waals surface area contributed by atoms with E-state index in [4.69, 9.17) is 20.9 Å². The van der Waals surface area contributed by atoms with E-state index in [2.05, 4.69) is 0 Å². The van der Waals surface area contributed by atoms with Gasteiger partial charge in [0, 0.05) is 35.3 Å². The molecule has 6 heteroatoms. The van der Waals surface area contributed by atoms with E-state index in [0.717, 1.165) is 25.7 Å². The van der Waals surface area contributed by atoms with Gasteiger partial charge in [0.2, 0.25) is 0 Å². The van der Waals surface area contributed by atoms with E-state index >= 15 is 0 Å². The van der Waals surface area contributed by atoms with Crippen LogP contribution in [0.2, 0.25) is 0 Å². The smallest absolute Gasteiger partial charge is 0.162 e. The van der Waals surface area contributed by atoms with Crippen molar-refractivity contribution in [3.8, 4) is 23.0 Å². The third kappa shape index (κ3) is 7.96. The minimum atomic E-state index is 0.112. The van der Waals surface area contributed by atoms with E-state index in [1.165, 1.54) is 0 Å². The first-order valence-electron chi connectivity index (χ1n) is 12.8. The molecule has 4 N–H and O–H groups in total. The molecule has 0 radical (unpaired) electrons. The molecular formula is C32H32N2O4. The highest BCUT2D eigenvalue weighted by Crippen LogP contribution is 2.24. The van der Waals surface area contributed by atoms with Gasteiger partial charge in [-0.1, -0.05) is 12.8 Å². The molecule has 0 heterocycles. The summed E-state index contributed by atoms with van der Waals surface area (Å²) in [5.74, 6) is 2.94. The number of benzene rings is 4. The van der Waals surface area contributed by atoms with Crippen molar-refractivity contribution in [2.75, 3.05) is 11.5 Å². The summed E-state index contributed by atoms with van der Waals surface area (Å²) in [6.45, 7) is 0. The molecule has 0 unspecified atom stereocenters. The molecule has 6 nitrogen and oxygen atoms in total. The first kappa shape index (κ1) is 26.5. The second kappa shape index (κ2) is 13.1. The molecule has 0 aromatic heterocycles. The normalized spacial score (nSPS) is 10.6. The average Bonchev–Trinajstić information content (AvgIpc) is 2.94. The number of rotatable bonds is 13. The van der Waals surface area contributed by atoms with Crippen LogP contribution < -0.4 is 20.9 Å². The number of hydrogen-bond donors (Lipinski definition) is 2. The molecular weight excluding hydrogens is 476 g/mol. The molecule has 0 spiro atoms. The monoisotopic (exact) mass is 508 g/mol. The summed E-state index contributed by atoms with van der Waals surface area (Å²) in [5, 5.41) is 0. The van der Waals surface area contributed by atoms with Gasteiger partial charge in [0.15, 0.2) is 11.6 Å². The Kier molecular flexibility index (Phi) is 9.13. The third-order valence-corrected chi connectivity index (χ3v) is 6.14. The number of nitrogen functional groups attached to an aromatic ring is 2. The number of nitrogens with two attached hydrogens (primary N) is 2. The van der Waals surface area contributed by atoms with E-state index in [1.54, 1.807) is 97.1 Å². The molecule has 4 aromatic carbocycles. The van der Waals surface area contributed by atoms with Gasteiger partial charge < -0.3 is 20.9 Å². The Hall–Kier alpha value is -4.58. The molecule has 194 valence electrons. The number of ketones is 2. The van der Waals surface area contributed by atoms with Crippen molar-refractivity contribution < 1.29 is 19.1 Å². The van der Waals surface area contributed by atoms with Crippen LogP contribution in [0.25, 0.3) is 0 Å². The molecule has 0 fully saturated rings. The van der Waals surface area contributed by atoms with Crippen LogP contribution in [0.3, 0.4) is 0 Å². The first-order valence-corrected chi connectivity index (χ1v) is 12.8. The van der Waals surface area contributed by atoms with Crippen LogP contribution in [-0.4, -0.2) is 11.6 Å². The molecule has 4 rings (SSSR count). The molecule has 0 aliphatic heterocycles. The van der Waals surface area contributed by atoms with Crippen molar-refractivity contribution in [3.63, 3.8) is 0 Å². The second-order valence-electron chi connectivity index (χ2n) is 9.15. The summed E-state index contributed by atoms with van der Waals surface area (Å²) in [7, 11) is 0. The van der Waals surface area contributed by atoms with Gasteiger partial charge in [-0.3, -0.25) is 9.59 Å². The largest absolute Gasteiger partial charge is 0.457 e. The highest BCUT2D eigenvalue weighted by molar-refractivity contribution is 5.96. The number of carbonyl (C=O) groups excluding carboxylic acids is 2. The van der Waals surface area contributed by atoms with Gasteiger partial charge >= 0.3 is 0 Å². The molecule has 0 bridgehead atoms. The van der Waals surface area contributed by atoms with Crippen LogP contribution in [0.5, 0.6) is 23.0 Å². The highest BCUT2D eigenvalue weighted by Gasteiger charge is 2.09. The maximum absolute atomic E-state index is 12.5. The van der Waals surface area contributed by atoms with Crippen molar-refractivity contribution in [3.05, 3.63) is 108 Å². The van der Waals surface area contributed by atoms with Gasteiger partial charge in [-0.05, 0) is 110 Å². The van der Waals surface area contributed by atoms with E-state index < -0.39 is 0 Å². The molecule has 0 saturated carbocycles. The van der Waals surface area contributed by atoms with Crippen LogP contribution in [0.15, 0.2) is 97.1 Å². The molecule has 0 atom stereocenters. The van der Waals surface area contributed by atoms with Crippen molar-refractivity contribution in [2.45, 2.75) is 38.5 Å². The average molecular weight is 509 g/mol. The van der Waals surface area contributed by atoms with Crippen molar-refractivity contribution >= 4 is 22.9 Å². The van der Waals surface area contributed by atoms with Crippen molar-refractivity contribution in [2.24, 2.45) is 0 Å². The van der Waals surface area contributed by atoms with Gasteiger partial charge in [0.1, 0.15) is 23.0 Å². The number of carbonyl (C=O) groups is 2. The van der Waals surface area contributed by atoms with Gasteiger partial charge in [-0.25, -0.2) is 0 Å². The quantitative estimate of drug-likeness (QED) is 0.108. The summed E-state index contributed by atoms with van der Waals surface area (Å²) in [5.41, 5.74) is 14.1. The molecule has 0 saturated heterocycles. The second-order valence-corrected chi connectivity index (χ2v) is 9.15. The van der Waals surface area contributed by atoms with Crippen LogP contribution in [0, 0.1) is 0 Å². The Bertz CT molecular complexity index is 1220. The Morgan fingerprint density at radius 2 is 0.737 bits per heavy atom. The van der Waals surface area contributed by atoms with Gasteiger partial charge in [-0.2, -0.15) is 0 Å². The van der Waals surface area contributed by atoms with Crippen LogP contribution in [0.4, 0.5) is 11.4 Å². The maximum Gasteiger partial charge on any atom is 0.162 e. The van der Waals surface area contributed by atoms with Crippen LogP contribution in [0.1, 0.15) is 59.2 Å². The topological polar surface area (TPSA) is 105 Å². The van der Waals surface area contributed by atoms with Gasteiger partial charge in [0.05, 0.1) is 0 Å². The molecule has 0 amide bonds. The first-order chi connectivity index (χ1) is 18.5. The minimum Gasteiger partial charge on any atom is -0.457 e.